The van der Waals surface area contributed by atoms with Crippen molar-refractivity contribution in [3.8, 4) is 0 Å². The van der Waals surface area contributed by atoms with Crippen LogP contribution in [0.3, 0.4) is 0 Å². The minimum atomic E-state index is -1.00. The predicted octanol–water partition coefficient (Wildman–Crippen LogP) is 3.55. The van der Waals surface area contributed by atoms with Crippen molar-refractivity contribution in [1.82, 2.24) is 26.1 Å². The van der Waals surface area contributed by atoms with E-state index in [1.807, 2.05) is 24.3 Å². The quantitative estimate of drug-likeness (QED) is 0.301. The summed E-state index contributed by atoms with van der Waals surface area (Å²) in [5.41, 5.74) is 4.88. The highest BCUT2D eigenvalue weighted by molar-refractivity contribution is 5.93. The number of carbonyl (C=O) groups is 5. The van der Waals surface area contributed by atoms with Crippen molar-refractivity contribution in [2.45, 2.75) is 97.7 Å². The van der Waals surface area contributed by atoms with Crippen molar-refractivity contribution in [3.05, 3.63) is 47.7 Å². The van der Waals surface area contributed by atoms with E-state index in [4.69, 9.17) is 23.9 Å². The van der Waals surface area contributed by atoms with Gasteiger partial charge in [0.25, 0.3) is 5.91 Å². The number of nitrogens with one attached hydrogen (secondary N) is 3. The molecule has 3 N–H and O–H groups in total. The lowest BCUT2D eigenvalue weighted by molar-refractivity contribution is -0.157. The van der Waals surface area contributed by atoms with Crippen LogP contribution in [0.2, 0.25) is 0 Å². The topological polar surface area (TPSA) is 174 Å². The second-order valence-corrected chi connectivity index (χ2v) is 13.0. The molecular weight excluding hydrogens is 634 g/mol. The number of hydrogen-bond acceptors (Lipinski definition) is 11. The monoisotopic (exact) mass is 681 g/mol. The van der Waals surface area contributed by atoms with Gasteiger partial charge in [-0.3, -0.25) is 24.2 Å². The van der Waals surface area contributed by atoms with Crippen LogP contribution in [0.4, 0.5) is 4.79 Å². The Morgan fingerprint density at radius 1 is 1.02 bits per heavy atom. The van der Waals surface area contributed by atoms with Gasteiger partial charge in [-0.1, -0.05) is 44.2 Å². The maximum Gasteiger partial charge on any atom is 0.510 e. The van der Waals surface area contributed by atoms with Crippen molar-refractivity contribution < 1.29 is 42.9 Å². The van der Waals surface area contributed by atoms with Crippen LogP contribution in [-0.4, -0.2) is 83.5 Å². The predicted molar refractivity (Wildman–Crippen MR) is 179 cm³/mol. The zero-order valence-electron chi connectivity index (χ0n) is 29.1. The molecule has 6 atom stereocenters. The van der Waals surface area contributed by atoms with E-state index in [0.717, 1.165) is 10.9 Å². The Morgan fingerprint density at radius 3 is 2.47 bits per heavy atom. The zero-order chi connectivity index (χ0) is 35.8. The fourth-order valence-corrected chi connectivity index (χ4v) is 5.49. The van der Waals surface area contributed by atoms with Gasteiger partial charge in [-0.2, -0.15) is 0 Å². The number of rotatable bonds is 6. The highest BCUT2D eigenvalue weighted by atomic mass is 16.8. The number of ether oxygens (including phenoxy) is 4. The molecule has 1 fully saturated rings. The van der Waals surface area contributed by atoms with Crippen LogP contribution in [0.15, 0.2) is 36.4 Å². The molecule has 14 heteroatoms. The molecule has 266 valence electrons. The average molecular weight is 682 g/mol. The minimum Gasteiger partial charge on any atom is -0.455 e. The highest BCUT2D eigenvalue weighted by Crippen LogP contribution is 2.23. The summed E-state index contributed by atoms with van der Waals surface area (Å²) in [5.74, 6) is -3.31. The third kappa shape index (κ3) is 9.98. The van der Waals surface area contributed by atoms with E-state index in [1.165, 1.54) is 5.01 Å². The molecule has 49 heavy (non-hydrogen) atoms. The normalized spacial score (nSPS) is 24.8. The molecule has 1 aromatic carbocycles. The van der Waals surface area contributed by atoms with Crippen LogP contribution in [0.25, 0.3) is 17.0 Å². The van der Waals surface area contributed by atoms with Gasteiger partial charge in [-0.15, -0.1) is 0 Å². The minimum absolute atomic E-state index is 0.335. The molecule has 4 rings (SSSR count). The molecule has 3 heterocycles. The van der Waals surface area contributed by atoms with Crippen molar-refractivity contribution in [3.63, 3.8) is 0 Å². The smallest absolute Gasteiger partial charge is 0.455 e. The standard InChI is InChI=1S/C35H47N5O9/c1-19(2)30-32(42)36-21(5)33(43)40-16-8-9-28(39-40)34(44)49-23(7)27-15-13-25-12-10-24(17-29(25)37-27)11-14-26(31(41)38-30)22(6)46-18-47-35(45)48-20(3)4/h10-15,17,19-23,26,28,30,39H,8-9,16,18H2,1-7H3,(H,36,42)(H,38,41)/t21-,22-,23+,26+,28-,30-/m0/s1. The molecule has 0 unspecified atom stereocenters. The van der Waals surface area contributed by atoms with Crippen molar-refractivity contribution in [2.24, 2.45) is 11.8 Å². The summed E-state index contributed by atoms with van der Waals surface area (Å²) in [5, 5.41) is 7.73. The van der Waals surface area contributed by atoms with Crippen LogP contribution < -0.4 is 16.1 Å². The molecule has 5 bridgehead atoms. The maximum atomic E-state index is 13.8. The number of carbonyl (C=O) groups excluding carboxylic acids is 5. The van der Waals surface area contributed by atoms with Crippen LogP contribution in [0, 0.1) is 11.8 Å². The number of hydrogen-bond donors (Lipinski definition) is 3. The van der Waals surface area contributed by atoms with Gasteiger partial charge in [0.05, 0.1) is 29.3 Å². The Hall–Kier alpha value is -4.56. The summed E-state index contributed by atoms with van der Waals surface area (Å²) in [6.07, 6.45) is 1.64. The van der Waals surface area contributed by atoms with Crippen LogP contribution in [0.5, 0.6) is 0 Å². The molecule has 3 amide bonds. The van der Waals surface area contributed by atoms with Gasteiger partial charge < -0.3 is 29.6 Å². The number of hydrazine groups is 1. The lowest BCUT2D eigenvalue weighted by Gasteiger charge is -2.35. The van der Waals surface area contributed by atoms with Gasteiger partial charge in [-0.05, 0) is 71.1 Å². The molecule has 0 spiro atoms. The number of fused-ring (bicyclic) bond motifs is 4. The number of cyclic esters (lactones) is 1. The molecule has 0 aliphatic carbocycles. The fraction of sp³-hybridized carbons (Fsp3) is 0.543. The average Bonchev–Trinajstić information content (AvgIpc) is 3.05. The van der Waals surface area contributed by atoms with Crippen LogP contribution >= 0.6 is 0 Å². The van der Waals surface area contributed by atoms with Gasteiger partial charge in [0, 0.05) is 11.9 Å². The first-order valence-electron chi connectivity index (χ1n) is 16.7. The van der Waals surface area contributed by atoms with Gasteiger partial charge in [-0.25, -0.2) is 15.2 Å². The van der Waals surface area contributed by atoms with Gasteiger partial charge >= 0.3 is 12.1 Å². The Balaban J connectivity index is 1.68. The molecule has 2 aliphatic rings. The Kier molecular flexibility index (Phi) is 12.7. The number of nitrogens with zero attached hydrogens (tertiary/aromatic N) is 2. The zero-order valence-corrected chi connectivity index (χ0v) is 29.1. The van der Waals surface area contributed by atoms with Gasteiger partial charge in [0.15, 0.2) is 6.79 Å². The first-order valence-corrected chi connectivity index (χ1v) is 16.7. The first kappa shape index (κ1) is 37.3. The Labute approximate surface area is 286 Å². The SMILES string of the molecule is CC(C)OC(=O)OCO[C@@H](C)[C@H]1C=Cc2ccc3ccc(nc3c2)[C@@H](C)OC(=O)[C@@H]2CCCN(N2)C(=O)[C@H](C)NC(=O)[C@H](C(C)C)NC1=O. The van der Waals surface area contributed by atoms with E-state index in [9.17, 15) is 24.0 Å². The second kappa shape index (κ2) is 16.7. The first-order chi connectivity index (χ1) is 23.2. The molecule has 0 saturated carbocycles. The molecular formula is C35H47N5O9. The summed E-state index contributed by atoms with van der Waals surface area (Å²) >= 11 is 0. The largest absolute Gasteiger partial charge is 0.510 e. The molecule has 14 nitrogen and oxygen atoms in total. The van der Waals surface area contributed by atoms with Crippen LogP contribution in [-0.2, 0) is 38.1 Å². The van der Waals surface area contributed by atoms with E-state index in [2.05, 4.69) is 16.1 Å². The lowest BCUT2D eigenvalue weighted by atomic mass is 9.97. The van der Waals surface area contributed by atoms with Crippen LogP contribution in [0.1, 0.15) is 78.7 Å². The number of benzene rings is 1. The van der Waals surface area contributed by atoms with Gasteiger partial charge in [0.1, 0.15) is 24.2 Å². The third-order valence-corrected chi connectivity index (χ3v) is 8.30. The number of amides is 3. The van der Waals surface area contributed by atoms with E-state index in [1.54, 1.807) is 66.7 Å². The molecule has 2 aromatic rings. The molecule has 0 radical (unpaired) electrons. The second-order valence-electron chi connectivity index (χ2n) is 13.0. The van der Waals surface area contributed by atoms with Crippen molar-refractivity contribution in [1.29, 1.82) is 0 Å². The van der Waals surface area contributed by atoms with Crippen molar-refractivity contribution >= 4 is 46.8 Å². The molecule has 2 aliphatic heterocycles. The Bertz CT molecular complexity index is 1560. The van der Waals surface area contributed by atoms with E-state index >= 15 is 0 Å². The lowest BCUT2D eigenvalue weighted by Crippen LogP contribution is -2.61. The number of esters is 1. The Morgan fingerprint density at radius 2 is 1.76 bits per heavy atom. The van der Waals surface area contributed by atoms with Crippen molar-refractivity contribution in [2.75, 3.05) is 13.3 Å². The maximum absolute atomic E-state index is 13.8. The summed E-state index contributed by atoms with van der Waals surface area (Å²) in [6.45, 7) is 11.7. The highest BCUT2D eigenvalue weighted by Gasteiger charge is 2.35. The molecule has 1 saturated heterocycles. The summed E-state index contributed by atoms with van der Waals surface area (Å²) in [6, 6.07) is 6.55. The summed E-state index contributed by atoms with van der Waals surface area (Å²) < 4.78 is 21.5. The third-order valence-electron chi connectivity index (χ3n) is 8.30. The van der Waals surface area contributed by atoms with E-state index < -0.39 is 72.9 Å². The summed E-state index contributed by atoms with van der Waals surface area (Å²) in [7, 11) is 0. The van der Waals surface area contributed by atoms with E-state index in [-0.39, 0.29) is 12.0 Å². The summed E-state index contributed by atoms with van der Waals surface area (Å²) in [4.78, 5) is 70.5. The van der Waals surface area contributed by atoms with Gasteiger partial charge in [0.2, 0.25) is 11.8 Å². The molecule has 1 aromatic heterocycles. The number of pyridine rings is 1. The fourth-order valence-electron chi connectivity index (χ4n) is 5.49. The van der Waals surface area contributed by atoms with E-state index in [0.29, 0.717) is 30.6 Å². The number of aromatic nitrogens is 1.